The van der Waals surface area contributed by atoms with E-state index in [0.29, 0.717) is 15.6 Å². The molecule has 3 N–H and O–H groups in total. The van der Waals surface area contributed by atoms with E-state index in [1.165, 1.54) is 0 Å². The zero-order valence-corrected chi connectivity index (χ0v) is 12.1. The Balaban J connectivity index is 0.00000289. The van der Waals surface area contributed by atoms with Gasteiger partial charge in [0.25, 0.3) is 0 Å². The van der Waals surface area contributed by atoms with Crippen LogP contribution in [-0.2, 0) is 4.79 Å². The van der Waals surface area contributed by atoms with Crippen LogP contribution in [0, 0.1) is 0 Å². The van der Waals surface area contributed by atoms with Gasteiger partial charge in [-0.1, -0.05) is 29.3 Å². The molecule has 102 valence electrons. The number of benzene rings is 1. The summed E-state index contributed by atoms with van der Waals surface area (Å²) in [5, 5.41) is 16.0. The highest BCUT2D eigenvalue weighted by Crippen LogP contribution is 2.25. The molecule has 1 amide bonds. The van der Waals surface area contributed by atoms with E-state index in [9.17, 15) is 9.90 Å². The van der Waals surface area contributed by atoms with E-state index in [2.05, 4.69) is 10.6 Å². The number of rotatable bonds is 5. The van der Waals surface area contributed by atoms with Crippen molar-refractivity contribution in [3.8, 4) is 0 Å². The Bertz CT molecular complexity index is 402. The molecule has 1 aromatic carbocycles. The van der Waals surface area contributed by atoms with Crippen molar-refractivity contribution in [2.24, 2.45) is 0 Å². The van der Waals surface area contributed by atoms with Gasteiger partial charge in [0.05, 0.1) is 12.6 Å². The van der Waals surface area contributed by atoms with E-state index in [4.69, 9.17) is 23.2 Å². The largest absolute Gasteiger partial charge is 0.387 e. The van der Waals surface area contributed by atoms with Crippen LogP contribution in [0.25, 0.3) is 0 Å². The topological polar surface area (TPSA) is 61.4 Å². The summed E-state index contributed by atoms with van der Waals surface area (Å²) < 4.78 is 0. The molecule has 7 heteroatoms. The molecule has 0 aromatic heterocycles. The quantitative estimate of drug-likeness (QED) is 0.776. The Morgan fingerprint density at radius 1 is 1.44 bits per heavy atom. The molecule has 0 aliphatic carbocycles. The lowest BCUT2D eigenvalue weighted by Gasteiger charge is -2.13. The number of aliphatic hydroxyl groups excluding tert-OH is 1. The zero-order valence-electron chi connectivity index (χ0n) is 9.74. The van der Waals surface area contributed by atoms with Crippen LogP contribution in [0.1, 0.15) is 11.7 Å². The Kier molecular flexibility index (Phi) is 8.31. The summed E-state index contributed by atoms with van der Waals surface area (Å²) >= 11 is 11.7. The maximum absolute atomic E-state index is 11.2. The predicted molar refractivity (Wildman–Crippen MR) is 75.6 cm³/mol. The standard InChI is InChI=1S/C11H14Cl2N2O2.ClH/c1-14-6-11(17)15-5-10(16)8-3-2-7(12)4-9(8)13;/h2-4,10,14,16H,5-6H2,1H3,(H,15,17);1H. The number of aliphatic hydroxyl groups is 1. The summed E-state index contributed by atoms with van der Waals surface area (Å²) in [5.74, 6) is -0.184. The molecule has 0 saturated carbocycles. The number of carbonyl (C=O) groups excluding carboxylic acids is 1. The van der Waals surface area contributed by atoms with Crippen molar-refractivity contribution < 1.29 is 9.90 Å². The van der Waals surface area contributed by atoms with Crippen LogP contribution in [0.5, 0.6) is 0 Å². The van der Waals surface area contributed by atoms with Crippen LogP contribution >= 0.6 is 35.6 Å². The van der Waals surface area contributed by atoms with Gasteiger partial charge in [0, 0.05) is 22.2 Å². The summed E-state index contributed by atoms with van der Waals surface area (Å²) in [5.41, 5.74) is 0.542. The molecule has 1 unspecified atom stereocenters. The minimum atomic E-state index is -0.847. The molecule has 0 bridgehead atoms. The van der Waals surface area contributed by atoms with Gasteiger partial charge in [-0.2, -0.15) is 0 Å². The lowest BCUT2D eigenvalue weighted by molar-refractivity contribution is -0.120. The van der Waals surface area contributed by atoms with E-state index in [1.807, 2.05) is 0 Å². The van der Waals surface area contributed by atoms with Crippen molar-refractivity contribution in [3.63, 3.8) is 0 Å². The highest BCUT2D eigenvalue weighted by atomic mass is 35.5. The van der Waals surface area contributed by atoms with Crippen LogP contribution in [0.2, 0.25) is 10.0 Å². The van der Waals surface area contributed by atoms with Crippen molar-refractivity contribution in [1.82, 2.24) is 10.6 Å². The van der Waals surface area contributed by atoms with Crippen molar-refractivity contribution in [1.29, 1.82) is 0 Å². The number of hydrogen-bond donors (Lipinski definition) is 3. The summed E-state index contributed by atoms with van der Waals surface area (Å²) in [6, 6.07) is 4.83. The van der Waals surface area contributed by atoms with E-state index in [0.717, 1.165) is 0 Å². The monoisotopic (exact) mass is 312 g/mol. The maximum atomic E-state index is 11.2. The number of carbonyl (C=O) groups is 1. The van der Waals surface area contributed by atoms with Gasteiger partial charge in [0.1, 0.15) is 0 Å². The first-order valence-electron chi connectivity index (χ1n) is 5.09. The van der Waals surface area contributed by atoms with Gasteiger partial charge in [0.15, 0.2) is 0 Å². The molecule has 0 aliphatic heterocycles. The number of amides is 1. The molecule has 18 heavy (non-hydrogen) atoms. The summed E-state index contributed by atoms with van der Waals surface area (Å²) in [4.78, 5) is 11.2. The second kappa shape index (κ2) is 8.56. The van der Waals surface area contributed by atoms with Gasteiger partial charge in [-0.25, -0.2) is 0 Å². The van der Waals surface area contributed by atoms with Gasteiger partial charge in [-0.05, 0) is 19.2 Å². The second-order valence-electron chi connectivity index (χ2n) is 3.52. The van der Waals surface area contributed by atoms with E-state index >= 15 is 0 Å². The average Bonchev–Trinajstić information content (AvgIpc) is 2.26. The molecule has 0 aliphatic rings. The average molecular weight is 314 g/mol. The lowest BCUT2D eigenvalue weighted by Crippen LogP contribution is -2.34. The van der Waals surface area contributed by atoms with Gasteiger partial charge in [-0.15, -0.1) is 12.4 Å². The highest BCUT2D eigenvalue weighted by Gasteiger charge is 2.12. The van der Waals surface area contributed by atoms with Crippen molar-refractivity contribution in [3.05, 3.63) is 33.8 Å². The number of halogens is 3. The van der Waals surface area contributed by atoms with Crippen molar-refractivity contribution >= 4 is 41.5 Å². The smallest absolute Gasteiger partial charge is 0.234 e. The zero-order chi connectivity index (χ0) is 12.8. The Morgan fingerprint density at radius 2 is 2.11 bits per heavy atom. The van der Waals surface area contributed by atoms with Gasteiger partial charge in [-0.3, -0.25) is 4.79 Å². The highest BCUT2D eigenvalue weighted by molar-refractivity contribution is 6.35. The van der Waals surface area contributed by atoms with Gasteiger partial charge < -0.3 is 15.7 Å². The molecular weight excluding hydrogens is 298 g/mol. The molecule has 1 aromatic rings. The molecule has 1 rings (SSSR count). The normalized spacial score (nSPS) is 11.6. The van der Waals surface area contributed by atoms with Crippen LogP contribution in [0.4, 0.5) is 0 Å². The molecule has 0 fully saturated rings. The Hall–Kier alpha value is -0.520. The third-order valence-corrected chi connectivity index (χ3v) is 2.71. The third-order valence-electron chi connectivity index (χ3n) is 2.15. The summed E-state index contributed by atoms with van der Waals surface area (Å²) in [7, 11) is 1.67. The number of likely N-dealkylation sites (N-methyl/N-ethyl adjacent to an activating group) is 1. The SMILES string of the molecule is CNCC(=O)NCC(O)c1ccc(Cl)cc1Cl.Cl. The molecule has 1 atom stereocenters. The first kappa shape index (κ1) is 17.5. The fourth-order valence-electron chi connectivity index (χ4n) is 1.32. The second-order valence-corrected chi connectivity index (χ2v) is 4.36. The minimum Gasteiger partial charge on any atom is -0.387 e. The van der Waals surface area contributed by atoms with Gasteiger partial charge in [0.2, 0.25) is 5.91 Å². The molecular formula is C11H15Cl3N2O2. The fraction of sp³-hybridized carbons (Fsp3) is 0.364. The molecule has 4 nitrogen and oxygen atoms in total. The minimum absolute atomic E-state index is 0. The van der Waals surface area contributed by atoms with E-state index < -0.39 is 6.10 Å². The molecule has 0 radical (unpaired) electrons. The predicted octanol–water partition coefficient (Wildman–Crippen LogP) is 1.78. The Labute approximate surface area is 122 Å². The van der Waals surface area contributed by atoms with Crippen LogP contribution in [-0.4, -0.2) is 31.2 Å². The first-order chi connectivity index (χ1) is 8.04. The van der Waals surface area contributed by atoms with Crippen LogP contribution in [0.3, 0.4) is 0 Å². The third kappa shape index (κ3) is 5.42. The molecule has 0 heterocycles. The van der Waals surface area contributed by atoms with Crippen LogP contribution in [0.15, 0.2) is 18.2 Å². The molecule has 0 spiro atoms. The number of nitrogens with one attached hydrogen (secondary N) is 2. The fourth-order valence-corrected chi connectivity index (χ4v) is 1.85. The van der Waals surface area contributed by atoms with E-state index in [-0.39, 0.29) is 31.4 Å². The van der Waals surface area contributed by atoms with Gasteiger partial charge >= 0.3 is 0 Å². The lowest BCUT2D eigenvalue weighted by atomic mass is 10.1. The molecule has 0 saturated heterocycles. The summed E-state index contributed by atoms with van der Waals surface area (Å²) in [6.45, 7) is 0.322. The van der Waals surface area contributed by atoms with Crippen molar-refractivity contribution in [2.45, 2.75) is 6.10 Å². The summed E-state index contributed by atoms with van der Waals surface area (Å²) in [6.07, 6.45) is -0.847. The van der Waals surface area contributed by atoms with E-state index in [1.54, 1.807) is 25.2 Å². The first-order valence-corrected chi connectivity index (χ1v) is 5.84. The van der Waals surface area contributed by atoms with Crippen molar-refractivity contribution in [2.75, 3.05) is 20.1 Å². The maximum Gasteiger partial charge on any atom is 0.234 e. The number of hydrogen-bond acceptors (Lipinski definition) is 3. The Morgan fingerprint density at radius 3 is 2.67 bits per heavy atom. The van der Waals surface area contributed by atoms with Crippen LogP contribution < -0.4 is 10.6 Å².